The fourth-order valence-electron chi connectivity index (χ4n) is 2.95. The molecule has 1 aromatic carbocycles. The molecule has 4 heteroatoms. The van der Waals surface area contributed by atoms with Gasteiger partial charge in [0.15, 0.2) is 0 Å². The number of thioether (sulfide) groups is 2. The van der Waals surface area contributed by atoms with E-state index in [-0.39, 0.29) is 5.54 Å². The standard InChI is InChI=1S/C18H30N2S2/c1-15-12-18(2,3)20-9-11-22-14-17-7-5-4-6-16(17)13-21-10-8-19-15/h4-7,15,19-20H,8-14H2,1-3H3. The topological polar surface area (TPSA) is 24.1 Å². The lowest BCUT2D eigenvalue weighted by Crippen LogP contribution is -2.45. The van der Waals surface area contributed by atoms with Crippen molar-refractivity contribution in [3.8, 4) is 0 Å². The van der Waals surface area contributed by atoms with Crippen molar-refractivity contribution in [1.82, 2.24) is 10.6 Å². The Morgan fingerprint density at radius 1 is 1.00 bits per heavy atom. The maximum Gasteiger partial charge on any atom is 0.0188 e. The minimum Gasteiger partial charge on any atom is -0.313 e. The molecule has 0 bridgehead atoms. The van der Waals surface area contributed by atoms with Crippen LogP contribution in [0.3, 0.4) is 0 Å². The Morgan fingerprint density at radius 3 is 2.23 bits per heavy atom. The Labute approximate surface area is 144 Å². The SMILES string of the molecule is CC1CC(C)(C)NCCSCc2ccccc2CSCCN1. The molecule has 1 atom stereocenters. The summed E-state index contributed by atoms with van der Waals surface area (Å²) in [7, 11) is 0. The molecule has 1 aliphatic heterocycles. The first-order valence-corrected chi connectivity index (χ1v) is 10.6. The first-order valence-electron chi connectivity index (χ1n) is 8.27. The van der Waals surface area contributed by atoms with Crippen molar-refractivity contribution >= 4 is 23.5 Å². The monoisotopic (exact) mass is 338 g/mol. The predicted octanol–water partition coefficient (Wildman–Crippen LogP) is 3.90. The van der Waals surface area contributed by atoms with Crippen molar-refractivity contribution in [3.05, 3.63) is 35.4 Å². The lowest BCUT2D eigenvalue weighted by molar-refractivity contribution is 0.327. The van der Waals surface area contributed by atoms with Gasteiger partial charge < -0.3 is 10.6 Å². The highest BCUT2D eigenvalue weighted by Crippen LogP contribution is 2.21. The Morgan fingerprint density at radius 2 is 1.59 bits per heavy atom. The van der Waals surface area contributed by atoms with Crippen molar-refractivity contribution in [3.63, 3.8) is 0 Å². The van der Waals surface area contributed by atoms with E-state index in [0.717, 1.165) is 24.6 Å². The average Bonchev–Trinajstić information content (AvgIpc) is 2.47. The maximum atomic E-state index is 3.72. The van der Waals surface area contributed by atoms with Crippen molar-refractivity contribution in [1.29, 1.82) is 0 Å². The van der Waals surface area contributed by atoms with Gasteiger partial charge in [-0.1, -0.05) is 24.3 Å². The van der Waals surface area contributed by atoms with Crippen LogP contribution in [0.25, 0.3) is 0 Å². The van der Waals surface area contributed by atoms with Crippen LogP contribution in [0.5, 0.6) is 0 Å². The Bertz CT molecular complexity index is 448. The molecule has 0 spiro atoms. The van der Waals surface area contributed by atoms with Crippen LogP contribution in [0, 0.1) is 0 Å². The van der Waals surface area contributed by atoms with Gasteiger partial charge >= 0.3 is 0 Å². The summed E-state index contributed by atoms with van der Waals surface area (Å²) in [6.07, 6.45) is 1.17. The minimum absolute atomic E-state index is 0.207. The number of nitrogens with one attached hydrogen (secondary N) is 2. The summed E-state index contributed by atoms with van der Waals surface area (Å²) in [4.78, 5) is 0. The predicted molar refractivity (Wildman–Crippen MR) is 103 cm³/mol. The molecule has 22 heavy (non-hydrogen) atoms. The van der Waals surface area contributed by atoms with E-state index in [1.807, 2.05) is 23.5 Å². The molecule has 2 rings (SSSR count). The van der Waals surface area contributed by atoms with Crippen molar-refractivity contribution < 1.29 is 0 Å². The minimum atomic E-state index is 0.207. The summed E-state index contributed by atoms with van der Waals surface area (Å²) in [5.41, 5.74) is 3.23. The second-order valence-corrected chi connectivity index (χ2v) is 8.95. The van der Waals surface area contributed by atoms with Gasteiger partial charge in [0.1, 0.15) is 0 Å². The lowest BCUT2D eigenvalue weighted by Gasteiger charge is -2.30. The van der Waals surface area contributed by atoms with Crippen LogP contribution >= 0.6 is 23.5 Å². The fourth-order valence-corrected chi connectivity index (χ4v) is 4.75. The van der Waals surface area contributed by atoms with Crippen molar-refractivity contribution in [2.24, 2.45) is 0 Å². The largest absolute Gasteiger partial charge is 0.313 e. The van der Waals surface area contributed by atoms with Gasteiger partial charge in [-0.05, 0) is 38.3 Å². The van der Waals surface area contributed by atoms with E-state index < -0.39 is 0 Å². The van der Waals surface area contributed by atoms with Gasteiger partial charge in [-0.3, -0.25) is 0 Å². The van der Waals surface area contributed by atoms with Gasteiger partial charge in [-0.15, -0.1) is 0 Å². The number of rotatable bonds is 0. The molecule has 2 nitrogen and oxygen atoms in total. The van der Waals surface area contributed by atoms with Crippen LogP contribution in [0.1, 0.15) is 38.3 Å². The zero-order chi connectivity index (χ0) is 15.8. The molecule has 0 fully saturated rings. The molecule has 0 aromatic heterocycles. The van der Waals surface area contributed by atoms with Gasteiger partial charge in [0.05, 0.1) is 0 Å². The molecule has 1 unspecified atom stereocenters. The molecule has 0 saturated heterocycles. The van der Waals surface area contributed by atoms with Gasteiger partial charge in [0, 0.05) is 47.7 Å². The summed E-state index contributed by atoms with van der Waals surface area (Å²) in [6.45, 7) is 9.12. The second-order valence-electron chi connectivity index (χ2n) is 6.74. The summed E-state index contributed by atoms with van der Waals surface area (Å²) < 4.78 is 0. The molecule has 0 radical (unpaired) electrons. The first-order chi connectivity index (χ1) is 10.6. The molecule has 0 saturated carbocycles. The molecule has 1 heterocycles. The molecular formula is C18H30N2S2. The third kappa shape index (κ3) is 6.53. The zero-order valence-electron chi connectivity index (χ0n) is 14.2. The summed E-state index contributed by atoms with van der Waals surface area (Å²) in [5, 5.41) is 7.38. The molecule has 1 aliphatic rings. The molecule has 2 N–H and O–H groups in total. The second kappa shape index (κ2) is 9.21. The summed E-state index contributed by atoms with van der Waals surface area (Å²) in [6, 6.07) is 9.48. The van der Waals surface area contributed by atoms with Gasteiger partial charge in [-0.25, -0.2) is 0 Å². The van der Waals surface area contributed by atoms with E-state index in [4.69, 9.17) is 0 Å². The fraction of sp³-hybridized carbons (Fsp3) is 0.667. The van der Waals surface area contributed by atoms with E-state index in [9.17, 15) is 0 Å². The molecule has 0 amide bonds. The molecule has 0 aliphatic carbocycles. The smallest absolute Gasteiger partial charge is 0.0188 e. The molecular weight excluding hydrogens is 308 g/mol. The lowest BCUT2D eigenvalue weighted by atomic mass is 9.96. The van der Waals surface area contributed by atoms with E-state index in [1.54, 1.807) is 0 Å². The Balaban J connectivity index is 1.96. The van der Waals surface area contributed by atoms with Gasteiger partial charge in [0.25, 0.3) is 0 Å². The van der Waals surface area contributed by atoms with E-state index in [0.29, 0.717) is 6.04 Å². The number of hydrogen-bond donors (Lipinski definition) is 2. The zero-order valence-corrected chi connectivity index (χ0v) is 15.8. The number of benzene rings is 1. The van der Waals surface area contributed by atoms with Crippen LogP contribution < -0.4 is 10.6 Å². The normalized spacial score (nSPS) is 24.8. The quantitative estimate of drug-likeness (QED) is 0.749. The Kier molecular flexibility index (Phi) is 7.61. The molecule has 1 aromatic rings. The van der Waals surface area contributed by atoms with Crippen LogP contribution in [-0.2, 0) is 11.5 Å². The highest BCUT2D eigenvalue weighted by Gasteiger charge is 2.20. The van der Waals surface area contributed by atoms with Gasteiger partial charge in [0.2, 0.25) is 0 Å². The maximum absolute atomic E-state index is 3.72. The number of fused-ring (bicyclic) bond motifs is 1. The van der Waals surface area contributed by atoms with Gasteiger partial charge in [-0.2, -0.15) is 23.5 Å². The van der Waals surface area contributed by atoms with Crippen LogP contribution in [-0.4, -0.2) is 36.2 Å². The van der Waals surface area contributed by atoms with E-state index in [2.05, 4.69) is 55.7 Å². The third-order valence-electron chi connectivity index (χ3n) is 4.04. The highest BCUT2D eigenvalue weighted by molar-refractivity contribution is 7.98. The van der Waals surface area contributed by atoms with E-state index in [1.165, 1.54) is 29.1 Å². The third-order valence-corrected chi connectivity index (χ3v) is 6.06. The first kappa shape index (κ1) is 18.2. The Hall–Kier alpha value is -0.160. The van der Waals surface area contributed by atoms with Crippen molar-refractivity contribution in [2.45, 2.75) is 50.3 Å². The average molecular weight is 339 g/mol. The summed E-state index contributed by atoms with van der Waals surface area (Å²) in [5.74, 6) is 4.62. The van der Waals surface area contributed by atoms with Crippen LogP contribution in [0.2, 0.25) is 0 Å². The van der Waals surface area contributed by atoms with E-state index >= 15 is 0 Å². The van der Waals surface area contributed by atoms with Crippen LogP contribution in [0.4, 0.5) is 0 Å². The number of hydrogen-bond acceptors (Lipinski definition) is 4. The summed E-state index contributed by atoms with van der Waals surface area (Å²) >= 11 is 4.08. The highest BCUT2D eigenvalue weighted by atomic mass is 32.2. The molecule has 124 valence electrons. The van der Waals surface area contributed by atoms with Crippen molar-refractivity contribution in [2.75, 3.05) is 24.6 Å². The van der Waals surface area contributed by atoms with Crippen LogP contribution in [0.15, 0.2) is 24.3 Å².